The maximum Gasteiger partial charge on any atom is 0.270 e. The standard InChI is InChI=1S/C17H22N4O3/c22-12-20-7-9-21(10-8-20)17(24)13-5-6-18-15(11-13)16(23)19-14-3-1-2-4-14/h5-6,11-12,14H,1-4,7-10H2,(H,19,23). The highest BCUT2D eigenvalue weighted by molar-refractivity contribution is 5.98. The number of aromatic nitrogens is 1. The van der Waals surface area contributed by atoms with Crippen LogP contribution in [0.3, 0.4) is 0 Å². The Kier molecular flexibility index (Phi) is 5.08. The van der Waals surface area contributed by atoms with Crippen LogP contribution in [-0.2, 0) is 4.79 Å². The summed E-state index contributed by atoms with van der Waals surface area (Å²) in [5, 5.41) is 2.98. The van der Waals surface area contributed by atoms with E-state index in [0.717, 1.165) is 32.1 Å². The lowest BCUT2D eigenvalue weighted by atomic mass is 10.1. The molecule has 7 nitrogen and oxygen atoms in total. The zero-order valence-corrected chi connectivity index (χ0v) is 13.6. The van der Waals surface area contributed by atoms with Crippen molar-refractivity contribution in [2.24, 2.45) is 0 Å². The van der Waals surface area contributed by atoms with Crippen molar-refractivity contribution in [3.63, 3.8) is 0 Å². The van der Waals surface area contributed by atoms with E-state index in [0.29, 0.717) is 31.7 Å². The molecular formula is C17H22N4O3. The topological polar surface area (TPSA) is 82.6 Å². The van der Waals surface area contributed by atoms with Crippen LogP contribution >= 0.6 is 0 Å². The molecule has 1 N–H and O–H groups in total. The van der Waals surface area contributed by atoms with Gasteiger partial charge in [-0.1, -0.05) is 12.8 Å². The molecule has 1 saturated carbocycles. The highest BCUT2D eigenvalue weighted by Gasteiger charge is 2.23. The fourth-order valence-corrected chi connectivity index (χ4v) is 3.23. The number of carbonyl (C=O) groups is 3. The zero-order chi connectivity index (χ0) is 16.9. The zero-order valence-electron chi connectivity index (χ0n) is 13.6. The Morgan fingerprint density at radius 2 is 1.88 bits per heavy atom. The highest BCUT2D eigenvalue weighted by Crippen LogP contribution is 2.18. The maximum atomic E-state index is 12.6. The molecule has 2 aliphatic rings. The third kappa shape index (κ3) is 3.72. The third-order valence-electron chi connectivity index (χ3n) is 4.68. The smallest absolute Gasteiger partial charge is 0.270 e. The molecule has 0 bridgehead atoms. The first-order valence-electron chi connectivity index (χ1n) is 8.43. The normalized spacial score (nSPS) is 18.5. The average molecular weight is 330 g/mol. The van der Waals surface area contributed by atoms with Gasteiger partial charge >= 0.3 is 0 Å². The number of piperazine rings is 1. The van der Waals surface area contributed by atoms with Crippen molar-refractivity contribution in [1.29, 1.82) is 0 Å². The van der Waals surface area contributed by atoms with E-state index in [1.165, 1.54) is 6.20 Å². The molecule has 7 heteroatoms. The second-order valence-corrected chi connectivity index (χ2v) is 6.32. The van der Waals surface area contributed by atoms with Crippen molar-refractivity contribution in [2.45, 2.75) is 31.7 Å². The number of amides is 3. The second kappa shape index (κ2) is 7.42. The van der Waals surface area contributed by atoms with E-state index in [2.05, 4.69) is 10.3 Å². The average Bonchev–Trinajstić information content (AvgIpc) is 3.14. The van der Waals surface area contributed by atoms with Crippen molar-refractivity contribution < 1.29 is 14.4 Å². The van der Waals surface area contributed by atoms with Gasteiger partial charge in [-0.05, 0) is 25.0 Å². The van der Waals surface area contributed by atoms with Crippen molar-refractivity contribution in [3.8, 4) is 0 Å². The first kappa shape index (κ1) is 16.4. The first-order valence-corrected chi connectivity index (χ1v) is 8.43. The van der Waals surface area contributed by atoms with Gasteiger partial charge in [-0.15, -0.1) is 0 Å². The fraction of sp³-hybridized carbons (Fsp3) is 0.529. The van der Waals surface area contributed by atoms with Crippen LogP contribution in [0.2, 0.25) is 0 Å². The molecule has 0 spiro atoms. The van der Waals surface area contributed by atoms with Gasteiger partial charge in [-0.25, -0.2) is 0 Å². The second-order valence-electron chi connectivity index (χ2n) is 6.32. The molecule has 2 fully saturated rings. The van der Waals surface area contributed by atoms with Crippen molar-refractivity contribution in [2.75, 3.05) is 26.2 Å². The summed E-state index contributed by atoms with van der Waals surface area (Å²) in [7, 11) is 0. The van der Waals surface area contributed by atoms with Gasteiger partial charge in [0.1, 0.15) is 5.69 Å². The van der Waals surface area contributed by atoms with Crippen LogP contribution < -0.4 is 5.32 Å². The molecule has 1 aromatic rings. The molecule has 3 rings (SSSR count). The van der Waals surface area contributed by atoms with Gasteiger partial charge in [-0.2, -0.15) is 0 Å². The van der Waals surface area contributed by atoms with Crippen LogP contribution in [0.15, 0.2) is 18.3 Å². The Morgan fingerprint density at radius 3 is 2.54 bits per heavy atom. The largest absolute Gasteiger partial charge is 0.348 e. The summed E-state index contributed by atoms with van der Waals surface area (Å²) >= 11 is 0. The minimum absolute atomic E-state index is 0.127. The third-order valence-corrected chi connectivity index (χ3v) is 4.68. The monoisotopic (exact) mass is 330 g/mol. The van der Waals surface area contributed by atoms with Crippen molar-refractivity contribution in [3.05, 3.63) is 29.6 Å². The van der Waals surface area contributed by atoms with E-state index in [9.17, 15) is 14.4 Å². The van der Waals surface area contributed by atoms with Crippen LogP contribution in [0.1, 0.15) is 46.5 Å². The Bertz CT molecular complexity index is 620. The minimum Gasteiger partial charge on any atom is -0.348 e. The van der Waals surface area contributed by atoms with Gasteiger partial charge in [0.05, 0.1) is 0 Å². The highest BCUT2D eigenvalue weighted by atomic mass is 16.2. The number of hydrogen-bond donors (Lipinski definition) is 1. The summed E-state index contributed by atoms with van der Waals surface area (Å²) < 4.78 is 0. The SMILES string of the molecule is O=CN1CCN(C(=O)c2ccnc(C(=O)NC3CCCC3)c2)CC1. The molecule has 1 aliphatic heterocycles. The van der Waals surface area contributed by atoms with Gasteiger partial charge in [0, 0.05) is 44.0 Å². The van der Waals surface area contributed by atoms with E-state index in [4.69, 9.17) is 0 Å². The Balaban J connectivity index is 1.64. The minimum atomic E-state index is -0.220. The summed E-state index contributed by atoms with van der Waals surface area (Å²) in [6.45, 7) is 2.08. The molecule has 0 atom stereocenters. The van der Waals surface area contributed by atoms with Gasteiger partial charge in [0.25, 0.3) is 11.8 Å². The molecule has 0 radical (unpaired) electrons. The number of rotatable bonds is 4. The molecule has 3 amide bonds. The van der Waals surface area contributed by atoms with E-state index in [1.807, 2.05) is 0 Å². The number of hydrogen-bond acceptors (Lipinski definition) is 4. The van der Waals surface area contributed by atoms with E-state index < -0.39 is 0 Å². The number of pyridine rings is 1. The summed E-state index contributed by atoms with van der Waals surface area (Å²) in [6, 6.07) is 3.40. The van der Waals surface area contributed by atoms with E-state index in [1.54, 1.807) is 21.9 Å². The Labute approximate surface area is 141 Å². The molecule has 1 saturated heterocycles. The molecule has 1 aromatic heterocycles. The lowest BCUT2D eigenvalue weighted by Crippen LogP contribution is -2.48. The summed E-state index contributed by atoms with van der Waals surface area (Å²) in [6.07, 6.45) is 6.60. The van der Waals surface area contributed by atoms with E-state index >= 15 is 0 Å². The van der Waals surface area contributed by atoms with Crippen LogP contribution in [0, 0.1) is 0 Å². The molecule has 1 aliphatic carbocycles. The van der Waals surface area contributed by atoms with Gasteiger partial charge in [0.2, 0.25) is 6.41 Å². The van der Waals surface area contributed by atoms with Crippen LogP contribution in [-0.4, -0.2) is 65.2 Å². The summed E-state index contributed by atoms with van der Waals surface area (Å²) in [5.41, 5.74) is 0.736. The summed E-state index contributed by atoms with van der Waals surface area (Å²) in [4.78, 5) is 43.0. The lowest BCUT2D eigenvalue weighted by molar-refractivity contribution is -0.119. The van der Waals surface area contributed by atoms with E-state index in [-0.39, 0.29) is 23.6 Å². The molecule has 2 heterocycles. The van der Waals surface area contributed by atoms with Gasteiger partial charge in [0.15, 0.2) is 0 Å². The lowest BCUT2D eigenvalue weighted by Gasteiger charge is -2.32. The number of carbonyl (C=O) groups excluding carboxylic acids is 3. The molecule has 0 unspecified atom stereocenters. The maximum absolute atomic E-state index is 12.6. The molecule has 128 valence electrons. The van der Waals surface area contributed by atoms with Crippen LogP contribution in [0.4, 0.5) is 0 Å². The number of nitrogens with zero attached hydrogens (tertiary/aromatic N) is 3. The van der Waals surface area contributed by atoms with Crippen LogP contribution in [0.25, 0.3) is 0 Å². The fourth-order valence-electron chi connectivity index (χ4n) is 3.23. The quantitative estimate of drug-likeness (QED) is 0.823. The Hall–Kier alpha value is -2.44. The predicted molar refractivity (Wildman–Crippen MR) is 87.5 cm³/mol. The predicted octanol–water partition coefficient (Wildman–Crippen LogP) is 0.668. The van der Waals surface area contributed by atoms with Gasteiger partial charge < -0.3 is 15.1 Å². The number of nitrogens with one attached hydrogen (secondary N) is 1. The molecule has 24 heavy (non-hydrogen) atoms. The van der Waals surface area contributed by atoms with Crippen molar-refractivity contribution >= 4 is 18.2 Å². The molecular weight excluding hydrogens is 308 g/mol. The van der Waals surface area contributed by atoms with Gasteiger partial charge in [-0.3, -0.25) is 19.4 Å². The first-order chi connectivity index (χ1) is 11.7. The van der Waals surface area contributed by atoms with Crippen LogP contribution in [0.5, 0.6) is 0 Å². The van der Waals surface area contributed by atoms with Crippen molar-refractivity contribution in [1.82, 2.24) is 20.1 Å². The Morgan fingerprint density at radius 1 is 1.17 bits per heavy atom. The molecule has 0 aromatic carbocycles. The summed E-state index contributed by atoms with van der Waals surface area (Å²) in [5.74, 6) is -0.347.